The number of nitrogens with zero attached hydrogens (tertiary/aromatic N) is 2. The first-order chi connectivity index (χ1) is 9.38. The van der Waals surface area contributed by atoms with Crippen molar-refractivity contribution in [2.45, 2.75) is 18.6 Å². The molecule has 0 bridgehead atoms. The van der Waals surface area contributed by atoms with Gasteiger partial charge in [0.25, 0.3) is 0 Å². The Morgan fingerprint density at radius 3 is 2.80 bits per heavy atom. The average molecular weight is 314 g/mol. The fraction of sp³-hybridized carbons (Fsp3) is 0.500. The fourth-order valence-electron chi connectivity index (χ4n) is 2.67. The number of hydrogen-bond donors (Lipinski definition) is 2. The zero-order valence-electron chi connectivity index (χ0n) is 11.7. The molecule has 1 aromatic carbocycles. The molecule has 2 rings (SSSR count). The highest BCUT2D eigenvalue weighted by atomic mass is 35.5. The lowest BCUT2D eigenvalue weighted by Crippen LogP contribution is -2.37. The van der Waals surface area contributed by atoms with Crippen LogP contribution in [0.4, 0.5) is 5.69 Å². The van der Waals surface area contributed by atoms with Gasteiger partial charge in [0.1, 0.15) is 4.99 Å². The Morgan fingerprint density at radius 2 is 2.25 bits per heavy atom. The number of nitrogens with two attached hydrogens (primary N) is 1. The van der Waals surface area contributed by atoms with Crippen molar-refractivity contribution in [1.82, 2.24) is 4.90 Å². The fourth-order valence-corrected chi connectivity index (χ4v) is 3.09. The van der Waals surface area contributed by atoms with E-state index in [0.717, 1.165) is 24.2 Å². The molecule has 1 aromatic rings. The van der Waals surface area contributed by atoms with Crippen molar-refractivity contribution in [1.29, 1.82) is 0 Å². The quantitative estimate of drug-likeness (QED) is 0.825. The first kappa shape index (κ1) is 15.5. The maximum absolute atomic E-state index is 9.93. The number of likely N-dealkylation sites (N-methyl/N-ethyl adjacent to an activating group) is 1. The van der Waals surface area contributed by atoms with Gasteiger partial charge < -0.3 is 20.6 Å². The number of aliphatic hydroxyl groups excluding tert-OH is 1. The standard InChI is InChI=1S/C14H20ClN3OS/c1-17(2)7-10-6-11(19)8-18(10)13-4-3-9(14(16)20)5-12(13)15/h3-5,10-11,19H,6-8H2,1-2H3,(H2,16,20). The summed E-state index contributed by atoms with van der Waals surface area (Å²) in [6, 6.07) is 5.85. The van der Waals surface area contributed by atoms with Gasteiger partial charge >= 0.3 is 0 Å². The largest absolute Gasteiger partial charge is 0.391 e. The van der Waals surface area contributed by atoms with E-state index in [9.17, 15) is 5.11 Å². The predicted molar refractivity (Wildman–Crippen MR) is 87.7 cm³/mol. The monoisotopic (exact) mass is 313 g/mol. The van der Waals surface area contributed by atoms with Crippen LogP contribution in [0.3, 0.4) is 0 Å². The third kappa shape index (κ3) is 3.41. The van der Waals surface area contributed by atoms with Gasteiger partial charge in [-0.25, -0.2) is 0 Å². The molecular weight excluding hydrogens is 294 g/mol. The van der Waals surface area contributed by atoms with Crippen LogP contribution in [0.2, 0.25) is 5.02 Å². The normalized spacial score (nSPS) is 22.6. The van der Waals surface area contributed by atoms with Crippen LogP contribution < -0.4 is 10.6 Å². The van der Waals surface area contributed by atoms with Crippen LogP contribution in [-0.4, -0.2) is 54.3 Å². The summed E-state index contributed by atoms with van der Waals surface area (Å²) < 4.78 is 0. The third-order valence-electron chi connectivity index (χ3n) is 3.51. The van der Waals surface area contributed by atoms with Gasteiger partial charge in [-0.05, 0) is 38.7 Å². The number of anilines is 1. The smallest absolute Gasteiger partial charge is 0.104 e. The van der Waals surface area contributed by atoms with Crippen molar-refractivity contribution in [2.24, 2.45) is 5.73 Å². The second-order valence-electron chi connectivity index (χ2n) is 5.49. The van der Waals surface area contributed by atoms with Gasteiger partial charge in [-0.2, -0.15) is 0 Å². The SMILES string of the molecule is CN(C)CC1CC(O)CN1c1ccc(C(N)=S)cc1Cl. The molecule has 0 saturated carbocycles. The van der Waals surface area contributed by atoms with Crippen molar-refractivity contribution in [3.63, 3.8) is 0 Å². The summed E-state index contributed by atoms with van der Waals surface area (Å²) in [7, 11) is 4.06. The minimum absolute atomic E-state index is 0.258. The van der Waals surface area contributed by atoms with Gasteiger partial charge in [-0.1, -0.05) is 23.8 Å². The molecular formula is C14H20ClN3OS. The Hall–Kier alpha value is -0.880. The Bertz CT molecular complexity index is 509. The molecule has 1 fully saturated rings. The maximum atomic E-state index is 9.93. The van der Waals surface area contributed by atoms with Gasteiger partial charge in [0.2, 0.25) is 0 Å². The van der Waals surface area contributed by atoms with E-state index in [1.54, 1.807) is 6.07 Å². The van der Waals surface area contributed by atoms with Crippen LogP contribution in [0.15, 0.2) is 18.2 Å². The first-order valence-corrected chi connectivity index (χ1v) is 7.36. The van der Waals surface area contributed by atoms with Crippen LogP contribution in [0.1, 0.15) is 12.0 Å². The summed E-state index contributed by atoms with van der Waals surface area (Å²) in [5.74, 6) is 0. The minimum atomic E-state index is -0.314. The third-order valence-corrected chi connectivity index (χ3v) is 4.05. The molecule has 6 heteroatoms. The van der Waals surface area contributed by atoms with Crippen molar-refractivity contribution in [2.75, 3.05) is 32.1 Å². The summed E-state index contributed by atoms with van der Waals surface area (Å²) in [6.07, 6.45) is 0.442. The zero-order valence-corrected chi connectivity index (χ0v) is 13.3. The van der Waals surface area contributed by atoms with Crippen molar-refractivity contribution < 1.29 is 5.11 Å². The Balaban J connectivity index is 2.27. The summed E-state index contributed by atoms with van der Waals surface area (Å²) in [5, 5.41) is 10.6. The van der Waals surface area contributed by atoms with Gasteiger partial charge in [0, 0.05) is 24.7 Å². The van der Waals surface area contributed by atoms with Crippen LogP contribution >= 0.6 is 23.8 Å². The van der Waals surface area contributed by atoms with E-state index >= 15 is 0 Å². The predicted octanol–water partition coefficient (Wildman–Crippen LogP) is 1.48. The van der Waals surface area contributed by atoms with Gasteiger partial charge in [0.05, 0.1) is 16.8 Å². The van der Waals surface area contributed by atoms with Crippen LogP contribution in [-0.2, 0) is 0 Å². The van der Waals surface area contributed by atoms with E-state index in [2.05, 4.69) is 9.80 Å². The van der Waals surface area contributed by atoms with E-state index in [1.165, 1.54) is 0 Å². The van der Waals surface area contributed by atoms with Gasteiger partial charge in [-0.15, -0.1) is 0 Å². The number of thiocarbonyl (C=S) groups is 1. The second kappa shape index (κ2) is 6.26. The van der Waals surface area contributed by atoms with Gasteiger partial charge in [-0.3, -0.25) is 0 Å². The second-order valence-corrected chi connectivity index (χ2v) is 6.34. The topological polar surface area (TPSA) is 52.7 Å². The number of aliphatic hydroxyl groups is 1. The lowest BCUT2D eigenvalue weighted by atomic mass is 10.1. The van der Waals surface area contributed by atoms with E-state index in [1.807, 2.05) is 26.2 Å². The molecule has 0 aliphatic carbocycles. The molecule has 1 aliphatic rings. The Morgan fingerprint density at radius 1 is 1.55 bits per heavy atom. The molecule has 20 heavy (non-hydrogen) atoms. The number of hydrogen-bond acceptors (Lipinski definition) is 4. The number of β-amino-alcohol motifs (C(OH)–C–C–N with tert-alkyl or cyclic N) is 1. The lowest BCUT2D eigenvalue weighted by molar-refractivity contribution is 0.191. The molecule has 0 aromatic heterocycles. The minimum Gasteiger partial charge on any atom is -0.391 e. The Kier molecular flexibility index (Phi) is 4.86. The number of benzene rings is 1. The molecule has 0 amide bonds. The molecule has 4 nitrogen and oxygen atoms in total. The van der Waals surface area contributed by atoms with Gasteiger partial charge in [0.15, 0.2) is 0 Å². The van der Waals surface area contributed by atoms with E-state index in [-0.39, 0.29) is 12.1 Å². The molecule has 1 aliphatic heterocycles. The zero-order chi connectivity index (χ0) is 14.9. The molecule has 3 N–H and O–H groups in total. The number of rotatable bonds is 4. The summed E-state index contributed by atoms with van der Waals surface area (Å²) in [6.45, 7) is 1.48. The molecule has 1 saturated heterocycles. The number of halogens is 1. The highest BCUT2D eigenvalue weighted by Crippen LogP contribution is 2.33. The van der Waals surface area contributed by atoms with E-state index in [4.69, 9.17) is 29.6 Å². The summed E-state index contributed by atoms with van der Waals surface area (Å²) >= 11 is 11.3. The van der Waals surface area contributed by atoms with E-state index < -0.39 is 0 Å². The Labute approximate surface area is 130 Å². The maximum Gasteiger partial charge on any atom is 0.104 e. The molecule has 2 unspecified atom stereocenters. The van der Waals surface area contributed by atoms with Crippen LogP contribution in [0, 0.1) is 0 Å². The summed E-state index contributed by atoms with van der Waals surface area (Å²) in [4.78, 5) is 4.62. The lowest BCUT2D eigenvalue weighted by Gasteiger charge is -2.29. The first-order valence-electron chi connectivity index (χ1n) is 6.57. The molecule has 2 atom stereocenters. The highest BCUT2D eigenvalue weighted by molar-refractivity contribution is 7.80. The van der Waals surface area contributed by atoms with Crippen molar-refractivity contribution in [3.05, 3.63) is 28.8 Å². The van der Waals surface area contributed by atoms with E-state index in [0.29, 0.717) is 16.6 Å². The molecule has 0 spiro atoms. The van der Waals surface area contributed by atoms with Crippen molar-refractivity contribution >= 4 is 34.5 Å². The molecule has 1 heterocycles. The highest BCUT2D eigenvalue weighted by Gasteiger charge is 2.32. The van der Waals surface area contributed by atoms with Crippen molar-refractivity contribution in [3.8, 4) is 0 Å². The van der Waals surface area contributed by atoms with Crippen LogP contribution in [0.5, 0.6) is 0 Å². The summed E-state index contributed by atoms with van der Waals surface area (Å²) in [5.41, 5.74) is 7.30. The average Bonchev–Trinajstić information content (AvgIpc) is 2.68. The molecule has 0 radical (unpaired) electrons. The van der Waals surface area contributed by atoms with Crippen LogP contribution in [0.25, 0.3) is 0 Å². The molecule has 110 valence electrons.